The predicted molar refractivity (Wildman–Crippen MR) is 89.0 cm³/mol. The Morgan fingerprint density at radius 1 is 1.18 bits per heavy atom. The molecule has 1 aliphatic carbocycles. The maximum atomic E-state index is 10.2. The van der Waals surface area contributed by atoms with E-state index in [1.165, 1.54) is 12.8 Å². The lowest BCUT2D eigenvalue weighted by Gasteiger charge is -2.35. The maximum Gasteiger partial charge on any atom is 0.139 e. The number of benzene rings is 1. The van der Waals surface area contributed by atoms with Crippen LogP contribution >= 0.6 is 23.2 Å². The fourth-order valence-corrected chi connectivity index (χ4v) is 3.21. The molecule has 0 bridgehead atoms. The molecule has 3 rings (SSSR count). The van der Waals surface area contributed by atoms with Crippen molar-refractivity contribution in [3.63, 3.8) is 0 Å². The molecule has 1 unspecified atom stereocenters. The van der Waals surface area contributed by atoms with Crippen LogP contribution in [0, 0.1) is 0 Å². The van der Waals surface area contributed by atoms with E-state index in [0.717, 1.165) is 32.2 Å². The summed E-state index contributed by atoms with van der Waals surface area (Å²) in [6.45, 7) is 5.12. The quantitative estimate of drug-likeness (QED) is 0.860. The summed E-state index contributed by atoms with van der Waals surface area (Å²) in [5.74, 6) is 0.520. The number of nitrogens with zero attached hydrogens (tertiary/aromatic N) is 2. The van der Waals surface area contributed by atoms with Gasteiger partial charge in [0.15, 0.2) is 0 Å². The molecule has 2 fully saturated rings. The van der Waals surface area contributed by atoms with Gasteiger partial charge in [-0.3, -0.25) is 9.80 Å². The Labute approximate surface area is 141 Å². The van der Waals surface area contributed by atoms with E-state index < -0.39 is 6.10 Å². The Kier molecular flexibility index (Phi) is 5.47. The Morgan fingerprint density at radius 2 is 1.91 bits per heavy atom. The van der Waals surface area contributed by atoms with Gasteiger partial charge in [-0.15, -0.1) is 0 Å². The largest absolute Gasteiger partial charge is 0.489 e. The monoisotopic (exact) mass is 344 g/mol. The van der Waals surface area contributed by atoms with Gasteiger partial charge in [-0.1, -0.05) is 23.2 Å². The first kappa shape index (κ1) is 16.3. The second-order valence-electron chi connectivity index (χ2n) is 6.11. The normalized spacial score (nSPS) is 21.8. The average molecular weight is 345 g/mol. The fraction of sp³-hybridized carbons (Fsp3) is 0.625. The lowest BCUT2D eigenvalue weighted by Crippen LogP contribution is -2.49. The van der Waals surface area contributed by atoms with Gasteiger partial charge in [-0.05, 0) is 25.0 Å². The van der Waals surface area contributed by atoms with Crippen LogP contribution in [-0.4, -0.2) is 66.4 Å². The van der Waals surface area contributed by atoms with Crippen molar-refractivity contribution in [2.75, 3.05) is 39.3 Å². The SMILES string of the molecule is OC(COc1cc(Cl)ccc1Cl)CN1CCN(C2CC2)CC1. The maximum absolute atomic E-state index is 10.2. The van der Waals surface area contributed by atoms with Crippen LogP contribution in [0.4, 0.5) is 0 Å². The van der Waals surface area contributed by atoms with E-state index in [-0.39, 0.29) is 6.61 Å². The fourth-order valence-electron chi connectivity index (χ4n) is 2.88. The minimum Gasteiger partial charge on any atom is -0.489 e. The molecule has 1 saturated carbocycles. The molecule has 1 aliphatic heterocycles. The molecule has 122 valence electrons. The molecule has 1 saturated heterocycles. The van der Waals surface area contributed by atoms with Gasteiger partial charge < -0.3 is 9.84 Å². The number of aliphatic hydroxyl groups excluding tert-OH is 1. The second kappa shape index (κ2) is 7.37. The average Bonchev–Trinajstić information content (AvgIpc) is 3.34. The van der Waals surface area contributed by atoms with Crippen LogP contribution in [0.1, 0.15) is 12.8 Å². The molecule has 6 heteroatoms. The van der Waals surface area contributed by atoms with Crippen LogP contribution in [0.2, 0.25) is 10.0 Å². The van der Waals surface area contributed by atoms with Gasteiger partial charge in [0, 0.05) is 49.9 Å². The molecular formula is C16H22Cl2N2O2. The van der Waals surface area contributed by atoms with Crippen molar-refractivity contribution in [2.24, 2.45) is 0 Å². The van der Waals surface area contributed by atoms with Crippen LogP contribution in [0.5, 0.6) is 5.75 Å². The van der Waals surface area contributed by atoms with Crippen LogP contribution in [-0.2, 0) is 0 Å². The van der Waals surface area contributed by atoms with Gasteiger partial charge in [0.05, 0.1) is 5.02 Å². The van der Waals surface area contributed by atoms with Crippen LogP contribution in [0.25, 0.3) is 0 Å². The standard InChI is InChI=1S/C16H22Cl2N2O2/c17-12-1-4-15(18)16(9-12)22-11-14(21)10-19-5-7-20(8-6-19)13-2-3-13/h1,4,9,13-14,21H,2-3,5-8,10-11H2. The minimum atomic E-state index is -0.525. The number of ether oxygens (including phenoxy) is 1. The number of β-amino-alcohol motifs (C(OH)–C–C–N with tert-alkyl or cyclic N) is 1. The smallest absolute Gasteiger partial charge is 0.139 e. The van der Waals surface area contributed by atoms with Crippen molar-refractivity contribution in [1.82, 2.24) is 9.80 Å². The Hall–Kier alpha value is -0.520. The highest BCUT2D eigenvalue weighted by molar-refractivity contribution is 6.34. The topological polar surface area (TPSA) is 35.9 Å². The zero-order valence-corrected chi connectivity index (χ0v) is 14.1. The number of aliphatic hydroxyl groups is 1. The predicted octanol–water partition coefficient (Wildman–Crippen LogP) is 2.51. The third-order valence-corrected chi connectivity index (χ3v) is 4.81. The van der Waals surface area contributed by atoms with E-state index in [2.05, 4.69) is 9.80 Å². The van der Waals surface area contributed by atoms with Crippen LogP contribution in [0.15, 0.2) is 18.2 Å². The molecule has 0 amide bonds. The van der Waals surface area contributed by atoms with Gasteiger partial charge in [-0.2, -0.15) is 0 Å². The van der Waals surface area contributed by atoms with Crippen molar-refractivity contribution in [3.05, 3.63) is 28.2 Å². The third-order valence-electron chi connectivity index (χ3n) is 4.26. The van der Waals surface area contributed by atoms with Crippen molar-refractivity contribution >= 4 is 23.2 Å². The van der Waals surface area contributed by atoms with Gasteiger partial charge >= 0.3 is 0 Å². The van der Waals surface area contributed by atoms with E-state index in [9.17, 15) is 5.11 Å². The van der Waals surface area contributed by atoms with Crippen LogP contribution in [0.3, 0.4) is 0 Å². The minimum absolute atomic E-state index is 0.225. The molecule has 2 aliphatic rings. The van der Waals surface area contributed by atoms with E-state index in [1.54, 1.807) is 18.2 Å². The van der Waals surface area contributed by atoms with Crippen molar-refractivity contribution in [3.8, 4) is 5.75 Å². The molecular weight excluding hydrogens is 323 g/mol. The molecule has 0 spiro atoms. The Morgan fingerprint density at radius 3 is 2.59 bits per heavy atom. The summed E-state index contributed by atoms with van der Waals surface area (Å²) in [4.78, 5) is 4.86. The molecule has 1 N–H and O–H groups in total. The summed E-state index contributed by atoms with van der Waals surface area (Å²) in [5, 5.41) is 11.2. The van der Waals surface area contributed by atoms with Gasteiger partial charge in [0.25, 0.3) is 0 Å². The van der Waals surface area contributed by atoms with Crippen molar-refractivity contribution in [2.45, 2.75) is 25.0 Å². The summed E-state index contributed by atoms with van der Waals surface area (Å²) in [7, 11) is 0. The lowest BCUT2D eigenvalue weighted by molar-refractivity contribution is 0.0446. The zero-order chi connectivity index (χ0) is 15.5. The molecule has 4 nitrogen and oxygen atoms in total. The molecule has 0 aromatic heterocycles. The Balaban J connectivity index is 1.40. The molecule has 1 aromatic rings. The first-order valence-corrected chi connectivity index (χ1v) is 8.60. The summed E-state index contributed by atoms with van der Waals surface area (Å²) >= 11 is 12.0. The summed E-state index contributed by atoms with van der Waals surface area (Å²) in [6.07, 6.45) is 2.19. The zero-order valence-electron chi connectivity index (χ0n) is 12.5. The lowest BCUT2D eigenvalue weighted by atomic mass is 10.2. The molecule has 0 radical (unpaired) electrons. The molecule has 1 aromatic carbocycles. The first-order valence-electron chi connectivity index (χ1n) is 7.84. The highest BCUT2D eigenvalue weighted by Crippen LogP contribution is 2.28. The van der Waals surface area contributed by atoms with Crippen molar-refractivity contribution < 1.29 is 9.84 Å². The summed E-state index contributed by atoms with van der Waals surface area (Å²) < 4.78 is 5.59. The van der Waals surface area contributed by atoms with Gasteiger partial charge in [-0.25, -0.2) is 0 Å². The van der Waals surface area contributed by atoms with Crippen LogP contribution < -0.4 is 4.74 Å². The molecule has 22 heavy (non-hydrogen) atoms. The van der Waals surface area contributed by atoms with E-state index in [4.69, 9.17) is 27.9 Å². The number of hydrogen-bond acceptors (Lipinski definition) is 4. The number of rotatable bonds is 6. The van der Waals surface area contributed by atoms with E-state index in [0.29, 0.717) is 22.3 Å². The molecule has 1 atom stereocenters. The van der Waals surface area contributed by atoms with Crippen molar-refractivity contribution in [1.29, 1.82) is 0 Å². The number of piperazine rings is 1. The first-order chi connectivity index (χ1) is 10.6. The third kappa shape index (κ3) is 4.49. The second-order valence-corrected chi connectivity index (χ2v) is 6.95. The number of halogens is 2. The summed E-state index contributed by atoms with van der Waals surface area (Å²) in [6, 6.07) is 5.92. The highest BCUT2D eigenvalue weighted by atomic mass is 35.5. The number of hydrogen-bond donors (Lipinski definition) is 1. The van der Waals surface area contributed by atoms with E-state index in [1.807, 2.05) is 0 Å². The Bertz CT molecular complexity index is 503. The molecule has 1 heterocycles. The van der Waals surface area contributed by atoms with Gasteiger partial charge in [0.1, 0.15) is 18.5 Å². The highest BCUT2D eigenvalue weighted by Gasteiger charge is 2.31. The van der Waals surface area contributed by atoms with Gasteiger partial charge in [0.2, 0.25) is 0 Å². The summed E-state index contributed by atoms with van der Waals surface area (Å²) in [5.41, 5.74) is 0. The van der Waals surface area contributed by atoms with E-state index >= 15 is 0 Å².